The van der Waals surface area contributed by atoms with Crippen molar-refractivity contribution in [2.75, 3.05) is 18.6 Å². The van der Waals surface area contributed by atoms with Crippen LogP contribution in [-0.4, -0.2) is 24.3 Å². The van der Waals surface area contributed by atoms with Gasteiger partial charge in [-0.2, -0.15) is 0 Å². The van der Waals surface area contributed by atoms with E-state index in [-0.39, 0.29) is 5.54 Å². The molecule has 1 N–H and O–H groups in total. The van der Waals surface area contributed by atoms with Crippen molar-refractivity contribution in [1.82, 2.24) is 0 Å². The van der Waals surface area contributed by atoms with Crippen LogP contribution in [0.1, 0.15) is 39.4 Å². The van der Waals surface area contributed by atoms with Crippen LogP contribution in [0.15, 0.2) is 30.9 Å². The third kappa shape index (κ3) is 3.51. The quantitative estimate of drug-likeness (QED) is 0.825. The second-order valence-corrected chi connectivity index (χ2v) is 5.64. The molecule has 0 aliphatic carbocycles. The molecular weight excluding hydrogens is 238 g/mol. The molecule has 1 rings (SSSR count). The topological polar surface area (TPSA) is 32.7 Å². The summed E-state index contributed by atoms with van der Waals surface area (Å²) in [6.45, 7) is 12.7. The molecule has 106 valence electrons. The Bertz CT molecular complexity index is 433. The van der Waals surface area contributed by atoms with E-state index in [1.54, 1.807) is 14.0 Å². The van der Waals surface area contributed by atoms with Crippen molar-refractivity contribution < 1.29 is 9.84 Å². The summed E-state index contributed by atoms with van der Waals surface area (Å²) in [6.07, 6.45) is 1.29. The first-order valence-electron chi connectivity index (χ1n) is 6.56. The minimum atomic E-state index is -0.583. The molecular formula is C16H25NO2. The van der Waals surface area contributed by atoms with E-state index in [1.165, 1.54) is 0 Å². The van der Waals surface area contributed by atoms with E-state index in [0.717, 1.165) is 17.8 Å². The summed E-state index contributed by atoms with van der Waals surface area (Å²) in [5.41, 5.74) is 1.74. The van der Waals surface area contributed by atoms with Crippen LogP contribution >= 0.6 is 0 Å². The van der Waals surface area contributed by atoms with Gasteiger partial charge in [-0.3, -0.25) is 0 Å². The van der Waals surface area contributed by atoms with Crippen molar-refractivity contribution in [1.29, 1.82) is 0 Å². The third-order valence-electron chi connectivity index (χ3n) is 3.09. The van der Waals surface area contributed by atoms with E-state index in [0.29, 0.717) is 5.75 Å². The molecule has 0 spiro atoms. The lowest BCUT2D eigenvalue weighted by Gasteiger charge is -2.39. The minimum Gasteiger partial charge on any atom is -0.496 e. The SMILES string of the molecule is C=CCN(c1cccc(OC)c1C(C)O)C(C)(C)C. The predicted octanol–water partition coefficient (Wildman–Crippen LogP) is 3.54. The number of hydrogen-bond acceptors (Lipinski definition) is 3. The lowest BCUT2D eigenvalue weighted by Crippen LogP contribution is -2.42. The van der Waals surface area contributed by atoms with Crippen molar-refractivity contribution in [3.63, 3.8) is 0 Å². The van der Waals surface area contributed by atoms with Gasteiger partial charge in [-0.25, -0.2) is 0 Å². The smallest absolute Gasteiger partial charge is 0.126 e. The first kappa shape index (κ1) is 15.6. The molecule has 0 saturated heterocycles. The fourth-order valence-electron chi connectivity index (χ4n) is 2.23. The second kappa shape index (κ2) is 6.11. The number of ether oxygens (including phenoxy) is 1. The summed E-state index contributed by atoms with van der Waals surface area (Å²) in [5, 5.41) is 10.1. The largest absolute Gasteiger partial charge is 0.496 e. The Morgan fingerprint density at radius 3 is 2.47 bits per heavy atom. The molecule has 0 aliphatic rings. The summed E-state index contributed by atoms with van der Waals surface area (Å²) >= 11 is 0. The number of benzene rings is 1. The van der Waals surface area contributed by atoms with Gasteiger partial charge in [0.1, 0.15) is 5.75 Å². The second-order valence-electron chi connectivity index (χ2n) is 5.64. The van der Waals surface area contributed by atoms with Crippen molar-refractivity contribution in [2.24, 2.45) is 0 Å². The maximum absolute atomic E-state index is 10.1. The Labute approximate surface area is 116 Å². The van der Waals surface area contributed by atoms with E-state index in [9.17, 15) is 5.11 Å². The maximum Gasteiger partial charge on any atom is 0.126 e. The van der Waals surface area contributed by atoms with Gasteiger partial charge in [-0.15, -0.1) is 6.58 Å². The third-order valence-corrected chi connectivity index (χ3v) is 3.09. The zero-order chi connectivity index (χ0) is 14.6. The monoisotopic (exact) mass is 263 g/mol. The predicted molar refractivity (Wildman–Crippen MR) is 80.9 cm³/mol. The lowest BCUT2D eigenvalue weighted by atomic mass is 9.99. The Kier molecular flexibility index (Phi) is 5.01. The molecule has 0 fully saturated rings. The van der Waals surface area contributed by atoms with Crippen molar-refractivity contribution in [3.05, 3.63) is 36.4 Å². The molecule has 0 aliphatic heterocycles. The summed E-state index contributed by atoms with van der Waals surface area (Å²) < 4.78 is 5.38. The minimum absolute atomic E-state index is 0.0653. The van der Waals surface area contributed by atoms with E-state index in [4.69, 9.17) is 4.74 Å². The highest BCUT2D eigenvalue weighted by atomic mass is 16.5. The van der Waals surface area contributed by atoms with Crippen molar-refractivity contribution in [3.8, 4) is 5.75 Å². The van der Waals surface area contributed by atoms with E-state index in [2.05, 4.69) is 32.3 Å². The van der Waals surface area contributed by atoms with E-state index >= 15 is 0 Å². The van der Waals surface area contributed by atoms with Gasteiger partial charge in [-0.05, 0) is 39.8 Å². The number of aliphatic hydroxyl groups is 1. The number of anilines is 1. The molecule has 19 heavy (non-hydrogen) atoms. The van der Waals surface area contributed by atoms with Crippen LogP contribution in [0.25, 0.3) is 0 Å². The van der Waals surface area contributed by atoms with Gasteiger partial charge in [0, 0.05) is 23.3 Å². The van der Waals surface area contributed by atoms with Crippen LogP contribution in [0, 0.1) is 0 Å². The van der Waals surface area contributed by atoms with Gasteiger partial charge < -0.3 is 14.7 Å². The molecule has 0 bridgehead atoms. The Morgan fingerprint density at radius 1 is 1.42 bits per heavy atom. The number of hydrogen-bond donors (Lipinski definition) is 1. The van der Waals surface area contributed by atoms with Gasteiger partial charge >= 0.3 is 0 Å². The highest BCUT2D eigenvalue weighted by Gasteiger charge is 2.25. The Balaban J connectivity index is 3.41. The standard InChI is InChI=1S/C16H25NO2/c1-7-11-17(16(3,4)5)13-9-8-10-14(19-6)15(13)12(2)18/h7-10,12,18H,1,11H2,2-6H3. The molecule has 1 aromatic rings. The average molecular weight is 263 g/mol. The average Bonchev–Trinajstić information content (AvgIpc) is 2.33. The number of rotatable bonds is 5. The number of methoxy groups -OCH3 is 1. The van der Waals surface area contributed by atoms with Crippen LogP contribution in [0.4, 0.5) is 5.69 Å². The van der Waals surface area contributed by atoms with Gasteiger partial charge in [0.15, 0.2) is 0 Å². The fourth-order valence-corrected chi connectivity index (χ4v) is 2.23. The molecule has 0 radical (unpaired) electrons. The number of nitrogens with zero attached hydrogens (tertiary/aromatic N) is 1. The summed E-state index contributed by atoms with van der Waals surface area (Å²) in [5.74, 6) is 0.714. The zero-order valence-electron chi connectivity index (χ0n) is 12.6. The summed E-state index contributed by atoms with van der Waals surface area (Å²) in [4.78, 5) is 2.21. The summed E-state index contributed by atoms with van der Waals surface area (Å²) in [7, 11) is 1.62. The molecule has 3 nitrogen and oxygen atoms in total. The van der Waals surface area contributed by atoms with Gasteiger partial charge in [0.2, 0.25) is 0 Å². The Hall–Kier alpha value is -1.48. The van der Waals surface area contributed by atoms with Crippen LogP contribution in [0.3, 0.4) is 0 Å². The van der Waals surface area contributed by atoms with Gasteiger partial charge in [-0.1, -0.05) is 12.1 Å². The van der Waals surface area contributed by atoms with Crippen LogP contribution in [-0.2, 0) is 0 Å². The van der Waals surface area contributed by atoms with Crippen LogP contribution < -0.4 is 9.64 Å². The first-order chi connectivity index (χ1) is 8.82. The maximum atomic E-state index is 10.1. The number of aliphatic hydroxyl groups excluding tert-OH is 1. The molecule has 0 amide bonds. The van der Waals surface area contributed by atoms with Crippen molar-refractivity contribution in [2.45, 2.75) is 39.3 Å². The van der Waals surface area contributed by atoms with Crippen LogP contribution in [0.5, 0.6) is 5.75 Å². The van der Waals surface area contributed by atoms with E-state index in [1.807, 2.05) is 24.3 Å². The fraction of sp³-hybridized carbons (Fsp3) is 0.500. The highest BCUT2D eigenvalue weighted by Crippen LogP contribution is 2.37. The van der Waals surface area contributed by atoms with Gasteiger partial charge in [0.05, 0.1) is 13.2 Å². The molecule has 1 atom stereocenters. The Morgan fingerprint density at radius 2 is 2.05 bits per heavy atom. The molecule has 3 heteroatoms. The lowest BCUT2D eigenvalue weighted by molar-refractivity contribution is 0.194. The molecule has 0 heterocycles. The highest BCUT2D eigenvalue weighted by molar-refractivity contribution is 5.62. The van der Waals surface area contributed by atoms with Crippen LogP contribution in [0.2, 0.25) is 0 Å². The van der Waals surface area contributed by atoms with Crippen molar-refractivity contribution >= 4 is 5.69 Å². The normalized spacial score (nSPS) is 12.9. The van der Waals surface area contributed by atoms with Gasteiger partial charge in [0.25, 0.3) is 0 Å². The molecule has 0 saturated carbocycles. The molecule has 1 unspecified atom stereocenters. The first-order valence-corrected chi connectivity index (χ1v) is 6.56. The molecule has 0 aromatic heterocycles. The molecule has 1 aromatic carbocycles. The zero-order valence-corrected chi connectivity index (χ0v) is 12.6. The van der Waals surface area contributed by atoms with E-state index < -0.39 is 6.10 Å². The summed E-state index contributed by atoms with van der Waals surface area (Å²) in [6, 6.07) is 5.83.